The van der Waals surface area contributed by atoms with Gasteiger partial charge in [-0.1, -0.05) is 36.4 Å². The van der Waals surface area contributed by atoms with Crippen molar-refractivity contribution < 1.29 is 18.0 Å². The molecule has 4 rings (SSSR count). The minimum Gasteiger partial charge on any atom is -0.354 e. The Balaban J connectivity index is 1.55. The Labute approximate surface area is 170 Å². The zero-order valence-electron chi connectivity index (χ0n) is 15.9. The molecule has 2 aliphatic rings. The Bertz CT molecular complexity index is 1020. The molecular weight excluding hydrogens is 390 g/mol. The first kappa shape index (κ1) is 19.6. The largest absolute Gasteiger partial charge is 0.354 e. The van der Waals surface area contributed by atoms with Crippen LogP contribution in [0.1, 0.15) is 34.8 Å². The van der Waals surface area contributed by atoms with Crippen LogP contribution in [-0.2, 0) is 14.8 Å². The zero-order valence-corrected chi connectivity index (χ0v) is 16.7. The summed E-state index contributed by atoms with van der Waals surface area (Å²) in [6.07, 6.45) is 2.12. The first-order chi connectivity index (χ1) is 13.9. The van der Waals surface area contributed by atoms with Crippen molar-refractivity contribution in [3.63, 3.8) is 0 Å². The van der Waals surface area contributed by atoms with Gasteiger partial charge in [0.1, 0.15) is 0 Å². The molecule has 1 aliphatic heterocycles. The number of benzene rings is 2. The number of piperazine rings is 1. The third-order valence-electron chi connectivity index (χ3n) is 5.28. The summed E-state index contributed by atoms with van der Waals surface area (Å²) < 4.78 is 26.9. The maximum Gasteiger partial charge on any atom is 0.251 e. The van der Waals surface area contributed by atoms with Crippen molar-refractivity contribution >= 4 is 21.8 Å². The first-order valence-electron chi connectivity index (χ1n) is 9.68. The summed E-state index contributed by atoms with van der Waals surface area (Å²) in [4.78, 5) is 24.5. The van der Waals surface area contributed by atoms with Gasteiger partial charge in [-0.15, -0.1) is 0 Å². The summed E-state index contributed by atoms with van der Waals surface area (Å²) in [5, 5.41) is 5.67. The highest BCUT2D eigenvalue weighted by molar-refractivity contribution is 7.89. The van der Waals surface area contributed by atoms with Crippen molar-refractivity contribution in [1.29, 1.82) is 0 Å². The lowest BCUT2D eigenvalue weighted by Crippen LogP contribution is -2.49. The van der Waals surface area contributed by atoms with Crippen LogP contribution < -0.4 is 10.6 Å². The number of carbonyl (C=O) groups excluding carboxylic acids is 2. The average molecular weight is 413 g/mol. The fourth-order valence-corrected chi connectivity index (χ4v) is 5.00. The predicted octanol–water partition coefficient (Wildman–Crippen LogP) is 1.69. The van der Waals surface area contributed by atoms with E-state index >= 15 is 0 Å². The van der Waals surface area contributed by atoms with Gasteiger partial charge in [0.25, 0.3) is 5.91 Å². The van der Waals surface area contributed by atoms with Crippen molar-refractivity contribution in [2.45, 2.75) is 23.8 Å². The van der Waals surface area contributed by atoms with Gasteiger partial charge >= 0.3 is 0 Å². The van der Waals surface area contributed by atoms with E-state index in [9.17, 15) is 18.0 Å². The molecule has 2 aromatic rings. The molecule has 1 atom stereocenters. The number of nitrogens with zero attached hydrogens (tertiary/aromatic N) is 1. The van der Waals surface area contributed by atoms with Crippen LogP contribution in [0.5, 0.6) is 0 Å². The second kappa shape index (κ2) is 7.96. The van der Waals surface area contributed by atoms with E-state index in [2.05, 4.69) is 10.6 Å². The van der Waals surface area contributed by atoms with Gasteiger partial charge in [-0.05, 0) is 42.5 Å². The molecular formula is C21H23N3O4S. The van der Waals surface area contributed by atoms with E-state index in [1.165, 1.54) is 12.1 Å². The molecule has 2 fully saturated rings. The maximum absolute atomic E-state index is 12.9. The molecule has 0 aromatic heterocycles. The van der Waals surface area contributed by atoms with Crippen LogP contribution in [0.4, 0.5) is 0 Å². The quantitative estimate of drug-likeness (QED) is 0.753. The standard InChI is InChI=1S/C21H23N3O4S/c25-19-14-24(12-11-22-19)29(27,28)18-8-4-7-17(13-18)21(26)23-20(16-9-10-16)15-5-2-1-3-6-15/h1-8,13,16,20H,9-12,14H2,(H,22,25)(H,23,26)/t20-/m0/s1. The Kier molecular flexibility index (Phi) is 5.38. The second-order valence-corrected chi connectivity index (χ2v) is 9.35. The molecule has 8 heteroatoms. The summed E-state index contributed by atoms with van der Waals surface area (Å²) in [6.45, 7) is 0.275. The number of hydrogen-bond acceptors (Lipinski definition) is 4. The average Bonchev–Trinajstić information content (AvgIpc) is 3.58. The molecule has 29 heavy (non-hydrogen) atoms. The molecule has 2 N–H and O–H groups in total. The van der Waals surface area contributed by atoms with Gasteiger partial charge in [0.15, 0.2) is 0 Å². The van der Waals surface area contributed by atoms with E-state index in [0.29, 0.717) is 5.92 Å². The Morgan fingerprint density at radius 1 is 1.10 bits per heavy atom. The number of rotatable bonds is 6. The molecule has 0 radical (unpaired) electrons. The van der Waals surface area contributed by atoms with Crippen molar-refractivity contribution in [2.75, 3.05) is 19.6 Å². The van der Waals surface area contributed by atoms with Crippen LogP contribution in [0.3, 0.4) is 0 Å². The number of nitrogens with one attached hydrogen (secondary N) is 2. The summed E-state index contributed by atoms with van der Waals surface area (Å²) >= 11 is 0. The lowest BCUT2D eigenvalue weighted by Gasteiger charge is -2.26. The SMILES string of the molecule is O=C1CN(S(=O)(=O)c2cccc(C(=O)N[C@@H](c3ccccc3)C3CC3)c2)CCN1. The minimum atomic E-state index is -3.84. The maximum atomic E-state index is 12.9. The highest BCUT2D eigenvalue weighted by Gasteiger charge is 2.34. The van der Waals surface area contributed by atoms with Crippen LogP contribution in [0.15, 0.2) is 59.5 Å². The molecule has 1 aliphatic carbocycles. The van der Waals surface area contributed by atoms with Gasteiger partial charge in [0.05, 0.1) is 17.5 Å². The minimum absolute atomic E-state index is 0.0162. The number of amides is 2. The van der Waals surface area contributed by atoms with E-state index in [4.69, 9.17) is 0 Å². The smallest absolute Gasteiger partial charge is 0.251 e. The summed E-state index contributed by atoms with van der Waals surface area (Å²) in [5.74, 6) is -0.233. The highest BCUT2D eigenvalue weighted by atomic mass is 32.2. The van der Waals surface area contributed by atoms with Gasteiger partial charge in [-0.2, -0.15) is 4.31 Å². The van der Waals surface area contributed by atoms with Gasteiger partial charge < -0.3 is 10.6 Å². The van der Waals surface area contributed by atoms with Crippen LogP contribution in [-0.4, -0.2) is 44.2 Å². The van der Waals surface area contributed by atoms with Gasteiger partial charge in [0, 0.05) is 18.7 Å². The molecule has 2 amide bonds. The topological polar surface area (TPSA) is 95.6 Å². The van der Waals surface area contributed by atoms with Crippen LogP contribution in [0.2, 0.25) is 0 Å². The molecule has 0 bridgehead atoms. The Morgan fingerprint density at radius 3 is 2.55 bits per heavy atom. The van der Waals surface area contributed by atoms with E-state index in [-0.39, 0.29) is 47.9 Å². The predicted molar refractivity (Wildman–Crippen MR) is 108 cm³/mol. The Hall–Kier alpha value is -2.71. The third kappa shape index (κ3) is 4.33. The van der Waals surface area contributed by atoms with Crippen molar-refractivity contribution in [3.05, 3.63) is 65.7 Å². The summed E-state index contributed by atoms with van der Waals surface area (Å²) in [6, 6.07) is 15.7. The molecule has 1 saturated heterocycles. The van der Waals surface area contributed by atoms with Crippen LogP contribution in [0, 0.1) is 5.92 Å². The molecule has 1 heterocycles. The third-order valence-corrected chi connectivity index (χ3v) is 7.12. The summed E-state index contributed by atoms with van der Waals surface area (Å²) in [5.41, 5.74) is 1.33. The number of hydrogen-bond donors (Lipinski definition) is 2. The van der Waals surface area contributed by atoms with E-state index in [0.717, 1.165) is 22.7 Å². The molecule has 0 spiro atoms. The van der Waals surface area contributed by atoms with E-state index < -0.39 is 10.0 Å². The van der Waals surface area contributed by atoms with Crippen LogP contribution in [0.25, 0.3) is 0 Å². The fourth-order valence-electron chi connectivity index (χ4n) is 3.56. The lowest BCUT2D eigenvalue weighted by atomic mass is 10.0. The molecule has 2 aromatic carbocycles. The highest BCUT2D eigenvalue weighted by Crippen LogP contribution is 2.41. The lowest BCUT2D eigenvalue weighted by molar-refractivity contribution is -0.122. The van der Waals surface area contributed by atoms with Gasteiger partial charge in [-0.25, -0.2) is 8.42 Å². The summed E-state index contributed by atoms with van der Waals surface area (Å²) in [7, 11) is -3.84. The molecule has 152 valence electrons. The zero-order chi connectivity index (χ0) is 20.4. The normalized spacial score (nSPS) is 18.7. The molecule has 7 nitrogen and oxygen atoms in total. The van der Waals surface area contributed by atoms with E-state index in [1.807, 2.05) is 30.3 Å². The molecule has 1 saturated carbocycles. The first-order valence-corrected chi connectivity index (χ1v) is 11.1. The van der Waals surface area contributed by atoms with Crippen molar-refractivity contribution in [2.24, 2.45) is 5.92 Å². The molecule has 0 unspecified atom stereocenters. The van der Waals surface area contributed by atoms with Gasteiger partial charge in [0.2, 0.25) is 15.9 Å². The second-order valence-electron chi connectivity index (χ2n) is 7.42. The number of carbonyl (C=O) groups is 2. The van der Waals surface area contributed by atoms with Gasteiger partial charge in [-0.3, -0.25) is 9.59 Å². The van der Waals surface area contributed by atoms with Crippen molar-refractivity contribution in [1.82, 2.24) is 14.9 Å². The van der Waals surface area contributed by atoms with Crippen LogP contribution >= 0.6 is 0 Å². The monoisotopic (exact) mass is 413 g/mol. The number of sulfonamides is 1. The Morgan fingerprint density at radius 2 is 1.86 bits per heavy atom. The van der Waals surface area contributed by atoms with Crippen molar-refractivity contribution in [3.8, 4) is 0 Å². The fraction of sp³-hybridized carbons (Fsp3) is 0.333. The van der Waals surface area contributed by atoms with E-state index in [1.54, 1.807) is 12.1 Å².